The molecule has 1 aliphatic carbocycles. The van der Waals surface area contributed by atoms with Gasteiger partial charge in [0.1, 0.15) is 27.2 Å². The molecule has 0 spiro atoms. The summed E-state index contributed by atoms with van der Waals surface area (Å²) in [4.78, 5) is 32.0. The van der Waals surface area contributed by atoms with E-state index in [-0.39, 0.29) is 22.4 Å². The van der Waals surface area contributed by atoms with Crippen molar-refractivity contribution in [2.45, 2.75) is 6.42 Å². The van der Waals surface area contributed by atoms with E-state index < -0.39 is 0 Å². The molecule has 0 aromatic heterocycles. The summed E-state index contributed by atoms with van der Waals surface area (Å²) in [7, 11) is 0. The Bertz CT molecular complexity index is 108. The third-order valence-electron chi connectivity index (χ3n) is 0.586. The Labute approximate surface area is 99.6 Å². The van der Waals surface area contributed by atoms with E-state index in [0.29, 0.717) is 0 Å². The summed E-state index contributed by atoms with van der Waals surface area (Å²) in [5, 5.41) is 0. The van der Waals surface area contributed by atoms with Gasteiger partial charge in [-0.15, -0.1) is 6.42 Å². The van der Waals surface area contributed by atoms with Crippen molar-refractivity contribution < 1.29 is 41.6 Å². The van der Waals surface area contributed by atoms with Gasteiger partial charge in [-0.25, -0.2) is 12.2 Å². The second kappa shape index (κ2) is 92.9. The summed E-state index contributed by atoms with van der Waals surface area (Å²) in [5.41, 5.74) is 0. The average molecular weight is 366 g/mol. The fourth-order valence-electron chi connectivity index (χ4n) is 0.340. The molecule has 5 heteroatoms. The Morgan fingerprint density at radius 1 is 0.857 bits per heavy atom. The minimum Gasteiger partial charge on any atom is -0.307 e. The molecular weight excluding hydrogens is 353 g/mol. The molecule has 79 valence electrons. The van der Waals surface area contributed by atoms with Gasteiger partial charge in [-0.1, -0.05) is 0 Å². The summed E-state index contributed by atoms with van der Waals surface area (Å²) in [5.74, 6) is 0. The zero-order valence-corrected chi connectivity index (χ0v) is 11.1. The van der Waals surface area contributed by atoms with E-state index in [0.717, 1.165) is 6.42 Å². The van der Waals surface area contributed by atoms with E-state index in [1.807, 2.05) is 39.3 Å². The predicted octanol–water partition coefficient (Wildman–Crippen LogP) is 0.564. The molecule has 0 bridgehead atoms. The maximum atomic E-state index is 8.00. The van der Waals surface area contributed by atoms with Crippen LogP contribution in [0.4, 0.5) is 0 Å². The molecule has 0 atom stereocenters. The summed E-state index contributed by atoms with van der Waals surface area (Å²) in [6.07, 6.45) is 10.0. The fraction of sp³-hybridized carbons (Fsp3) is 0.111. The first-order valence-corrected chi connectivity index (χ1v) is 2.87. The van der Waals surface area contributed by atoms with Crippen LogP contribution in [0.3, 0.4) is 0 Å². The molecule has 14 heavy (non-hydrogen) atoms. The zero-order valence-electron chi connectivity index (χ0n) is 7.85. The first-order chi connectivity index (χ1) is 6.50. The Kier molecular flexibility index (Phi) is 194. The van der Waals surface area contributed by atoms with Gasteiger partial charge in [-0.3, -0.25) is 6.08 Å². The van der Waals surface area contributed by atoms with Crippen LogP contribution in [0.15, 0.2) is 18.2 Å². The summed E-state index contributed by atoms with van der Waals surface area (Å²) in [6, 6.07) is 0. The second-order valence-corrected chi connectivity index (χ2v) is 1.00. The van der Waals surface area contributed by atoms with Crippen LogP contribution in [0.5, 0.6) is 0 Å². The third kappa shape index (κ3) is 70.2. The van der Waals surface area contributed by atoms with Gasteiger partial charge < -0.3 is 19.2 Å². The molecule has 0 aromatic rings. The minimum absolute atomic E-state index is 0. The van der Waals surface area contributed by atoms with Crippen LogP contribution in [-0.2, 0) is 41.6 Å². The largest absolute Gasteiger partial charge is 0.307 e. The van der Waals surface area contributed by atoms with Gasteiger partial charge in [0.25, 0.3) is 0 Å². The van der Waals surface area contributed by atoms with Crippen LogP contribution in [0.25, 0.3) is 0 Å². The molecule has 0 saturated heterocycles. The van der Waals surface area contributed by atoms with Crippen molar-refractivity contribution in [2.24, 2.45) is 0 Å². The molecule has 0 aliphatic heterocycles. The van der Waals surface area contributed by atoms with Crippen LogP contribution in [0.2, 0.25) is 0 Å². The molecule has 4 nitrogen and oxygen atoms in total. The number of hydrogen-bond donors (Lipinski definition) is 0. The smallest absolute Gasteiger partial charge is 0.106 e. The van der Waals surface area contributed by atoms with Crippen LogP contribution >= 0.6 is 0 Å². The molecule has 0 amide bonds. The molecule has 1 aliphatic rings. The van der Waals surface area contributed by atoms with E-state index >= 15 is 0 Å². The van der Waals surface area contributed by atoms with Crippen molar-refractivity contribution in [1.29, 1.82) is 0 Å². The van der Waals surface area contributed by atoms with E-state index in [1.165, 1.54) is 0 Å². The molecule has 0 saturated carbocycles. The first kappa shape index (κ1) is 29.3. The Morgan fingerprint density at radius 2 is 1.21 bits per heavy atom. The maximum absolute atomic E-state index is 8.00. The second-order valence-electron chi connectivity index (χ2n) is 1.00. The fourth-order valence-corrected chi connectivity index (χ4v) is 0.340. The van der Waals surface area contributed by atoms with Crippen molar-refractivity contribution in [3.05, 3.63) is 24.3 Å². The number of allylic oxidation sites excluding steroid dienone is 4. The quantitative estimate of drug-likeness (QED) is 0.588. The molecular formula is C9H13O4Ta-. The van der Waals surface area contributed by atoms with Crippen molar-refractivity contribution in [3.63, 3.8) is 0 Å². The van der Waals surface area contributed by atoms with Gasteiger partial charge in [-0.05, 0) is 0 Å². The number of hydrogen-bond acceptors (Lipinski definition) is 4. The molecule has 0 N–H and O–H groups in total. The van der Waals surface area contributed by atoms with Gasteiger partial charge in [0, 0.05) is 22.4 Å². The van der Waals surface area contributed by atoms with E-state index in [2.05, 4.69) is 12.2 Å². The molecule has 0 heterocycles. The Balaban J connectivity index is -0.0000000267. The first-order valence-electron chi connectivity index (χ1n) is 2.87. The van der Waals surface area contributed by atoms with Gasteiger partial charge in [0.2, 0.25) is 0 Å². The maximum Gasteiger partial charge on any atom is 0.106 e. The number of carbonyl (C=O) groups excluding carboxylic acids is 4. The van der Waals surface area contributed by atoms with Crippen molar-refractivity contribution >= 4 is 27.2 Å². The van der Waals surface area contributed by atoms with Gasteiger partial charge >= 0.3 is 0 Å². The van der Waals surface area contributed by atoms with E-state index in [9.17, 15) is 0 Å². The molecule has 0 fully saturated rings. The molecule has 0 aromatic carbocycles. The van der Waals surface area contributed by atoms with E-state index in [4.69, 9.17) is 19.2 Å². The minimum atomic E-state index is 0. The monoisotopic (exact) mass is 366 g/mol. The summed E-state index contributed by atoms with van der Waals surface area (Å²) < 4.78 is 0. The van der Waals surface area contributed by atoms with Crippen LogP contribution in [0, 0.1) is 6.08 Å². The average Bonchev–Trinajstić information content (AvgIpc) is 2.87. The normalized spacial score (nSPS) is 7.43. The zero-order chi connectivity index (χ0) is 11.5. The van der Waals surface area contributed by atoms with Crippen molar-refractivity contribution in [2.75, 3.05) is 0 Å². The summed E-state index contributed by atoms with van der Waals surface area (Å²) in [6.45, 7) is 8.00. The summed E-state index contributed by atoms with van der Waals surface area (Å²) >= 11 is 0. The topological polar surface area (TPSA) is 68.3 Å². The van der Waals surface area contributed by atoms with Crippen molar-refractivity contribution in [3.8, 4) is 0 Å². The van der Waals surface area contributed by atoms with Crippen molar-refractivity contribution in [1.82, 2.24) is 0 Å². The number of rotatable bonds is 0. The van der Waals surface area contributed by atoms with Gasteiger partial charge in [0.15, 0.2) is 0 Å². The SMILES string of the molecule is C=O.C=O.C=O.C=O.[C-]1=CC=CC1.[Ta]. The Morgan fingerprint density at radius 3 is 1.29 bits per heavy atom. The third-order valence-corrected chi connectivity index (χ3v) is 0.586. The van der Waals surface area contributed by atoms with E-state index in [1.54, 1.807) is 0 Å². The molecule has 1 radical (unpaired) electrons. The van der Waals surface area contributed by atoms with Crippen LogP contribution < -0.4 is 0 Å². The van der Waals surface area contributed by atoms with Gasteiger partial charge in [-0.2, -0.15) is 6.08 Å². The van der Waals surface area contributed by atoms with Crippen LogP contribution in [-0.4, -0.2) is 27.2 Å². The van der Waals surface area contributed by atoms with Crippen LogP contribution in [0.1, 0.15) is 6.42 Å². The standard InChI is InChI=1S/C5H5.4CH2O.Ta/c1-2-4-5-3-1;4*1-2;/h1-3H,4H2;4*1H2;/q-1;;;;;. The molecule has 1 rings (SSSR count). The number of carbonyl (C=O) groups is 4. The predicted molar refractivity (Wildman–Crippen MR) is 50.1 cm³/mol. The molecule has 0 unspecified atom stereocenters. The Hall–Kier alpha value is -1.10. The van der Waals surface area contributed by atoms with Gasteiger partial charge in [0.05, 0.1) is 0 Å².